The molecule has 1 aromatic rings. The molecule has 0 aromatic heterocycles. The minimum atomic E-state index is -4.43. The van der Waals surface area contributed by atoms with Crippen LogP contribution in [0.15, 0.2) is 17.0 Å². The second-order valence-corrected chi connectivity index (χ2v) is 6.15. The molecule has 1 aliphatic rings. The molecule has 0 saturated carbocycles. The van der Waals surface area contributed by atoms with Crippen molar-refractivity contribution in [1.29, 1.82) is 0 Å². The van der Waals surface area contributed by atoms with Crippen LogP contribution in [-0.2, 0) is 4.79 Å². The predicted molar refractivity (Wildman–Crippen MR) is 77.6 cm³/mol. The minimum absolute atomic E-state index is 0.0549. The maximum absolute atomic E-state index is 14.0. The fourth-order valence-electron chi connectivity index (χ4n) is 2.29. The van der Waals surface area contributed by atoms with Crippen LogP contribution in [0.25, 0.3) is 0 Å². The highest BCUT2D eigenvalue weighted by Crippen LogP contribution is 2.33. The van der Waals surface area contributed by atoms with Crippen molar-refractivity contribution >= 4 is 23.4 Å². The molecule has 1 amide bonds. The highest BCUT2D eigenvalue weighted by molar-refractivity contribution is 7.99. The molecule has 0 spiro atoms. The van der Waals surface area contributed by atoms with E-state index in [1.54, 1.807) is 9.80 Å². The van der Waals surface area contributed by atoms with Crippen LogP contribution in [0.5, 0.6) is 0 Å². The maximum Gasteiger partial charge on any atom is 0.398 e. The molecule has 0 atom stereocenters. The van der Waals surface area contributed by atoms with Gasteiger partial charge in [0, 0.05) is 44.1 Å². The fourth-order valence-corrected chi connectivity index (χ4v) is 3.00. The lowest BCUT2D eigenvalue weighted by Crippen LogP contribution is -2.48. The average Bonchev–Trinajstić information content (AvgIpc) is 2.45. The molecular formula is C14H15F5N2OS. The minimum Gasteiger partial charge on any atom is -0.366 e. The molecule has 0 aliphatic carbocycles. The SMILES string of the molecule is CC(=O)N1CCN(c2cc(SCC(F)(F)F)c(F)cc2F)CC1. The summed E-state index contributed by atoms with van der Waals surface area (Å²) in [5, 5.41) is 0. The summed E-state index contributed by atoms with van der Waals surface area (Å²) in [5.74, 6) is -3.17. The fraction of sp³-hybridized carbons (Fsp3) is 0.500. The molecule has 1 saturated heterocycles. The first-order valence-electron chi connectivity index (χ1n) is 6.86. The Labute approximate surface area is 134 Å². The summed E-state index contributed by atoms with van der Waals surface area (Å²) >= 11 is 0.288. The number of nitrogens with zero attached hydrogens (tertiary/aromatic N) is 2. The number of hydrogen-bond donors (Lipinski definition) is 0. The van der Waals surface area contributed by atoms with Gasteiger partial charge >= 0.3 is 6.18 Å². The number of alkyl halides is 3. The van der Waals surface area contributed by atoms with Gasteiger partial charge in [-0.3, -0.25) is 4.79 Å². The predicted octanol–water partition coefficient (Wildman–Crippen LogP) is 3.29. The molecule has 2 rings (SSSR count). The number of halogens is 5. The van der Waals surface area contributed by atoms with E-state index in [4.69, 9.17) is 0 Å². The molecule has 128 valence electrons. The number of rotatable bonds is 3. The molecule has 1 aliphatic heterocycles. The lowest BCUT2D eigenvalue weighted by atomic mass is 10.2. The van der Waals surface area contributed by atoms with Crippen LogP contribution >= 0.6 is 11.8 Å². The van der Waals surface area contributed by atoms with Crippen molar-refractivity contribution in [3.63, 3.8) is 0 Å². The second kappa shape index (κ2) is 6.94. The molecule has 0 bridgehead atoms. The van der Waals surface area contributed by atoms with Crippen LogP contribution in [0.2, 0.25) is 0 Å². The van der Waals surface area contributed by atoms with Gasteiger partial charge in [-0.2, -0.15) is 13.2 Å². The summed E-state index contributed by atoms with van der Waals surface area (Å²) in [5.41, 5.74) is 0.0549. The van der Waals surface area contributed by atoms with Gasteiger partial charge < -0.3 is 9.80 Å². The molecule has 1 fully saturated rings. The third-order valence-electron chi connectivity index (χ3n) is 3.46. The van der Waals surface area contributed by atoms with E-state index in [0.717, 1.165) is 6.07 Å². The van der Waals surface area contributed by atoms with E-state index < -0.39 is 23.6 Å². The Morgan fingerprint density at radius 3 is 2.26 bits per heavy atom. The smallest absolute Gasteiger partial charge is 0.366 e. The Hall–Kier alpha value is -1.51. The zero-order valence-electron chi connectivity index (χ0n) is 12.3. The number of piperazine rings is 1. The van der Waals surface area contributed by atoms with Gasteiger partial charge in [0.1, 0.15) is 11.6 Å². The molecule has 0 N–H and O–H groups in total. The lowest BCUT2D eigenvalue weighted by molar-refractivity contribution is -0.129. The van der Waals surface area contributed by atoms with E-state index in [2.05, 4.69) is 0 Å². The molecular weight excluding hydrogens is 339 g/mol. The zero-order valence-corrected chi connectivity index (χ0v) is 13.1. The van der Waals surface area contributed by atoms with Gasteiger partial charge in [-0.05, 0) is 6.07 Å². The Morgan fingerprint density at radius 2 is 1.74 bits per heavy atom. The second-order valence-electron chi connectivity index (χ2n) is 5.13. The summed E-state index contributed by atoms with van der Waals surface area (Å²) < 4.78 is 64.4. The van der Waals surface area contributed by atoms with Gasteiger partial charge in [-0.25, -0.2) is 8.78 Å². The topological polar surface area (TPSA) is 23.6 Å². The van der Waals surface area contributed by atoms with E-state index in [1.807, 2.05) is 0 Å². The van der Waals surface area contributed by atoms with Crippen LogP contribution in [0.4, 0.5) is 27.6 Å². The van der Waals surface area contributed by atoms with Crippen LogP contribution < -0.4 is 4.90 Å². The Balaban J connectivity index is 2.14. The van der Waals surface area contributed by atoms with Crippen molar-refractivity contribution in [2.45, 2.75) is 18.0 Å². The Morgan fingerprint density at radius 1 is 1.13 bits per heavy atom. The number of anilines is 1. The highest BCUT2D eigenvalue weighted by Gasteiger charge is 2.29. The van der Waals surface area contributed by atoms with Gasteiger partial charge in [0.2, 0.25) is 5.91 Å². The first-order chi connectivity index (χ1) is 10.7. The third kappa shape index (κ3) is 4.73. The van der Waals surface area contributed by atoms with Crippen LogP contribution in [-0.4, -0.2) is 48.9 Å². The average molecular weight is 354 g/mol. The van der Waals surface area contributed by atoms with Crippen molar-refractivity contribution in [3.8, 4) is 0 Å². The number of thioether (sulfide) groups is 1. The van der Waals surface area contributed by atoms with Crippen LogP contribution in [0.1, 0.15) is 6.92 Å². The molecule has 1 heterocycles. The monoisotopic (exact) mass is 354 g/mol. The molecule has 0 radical (unpaired) electrons. The number of carbonyl (C=O) groups is 1. The zero-order chi connectivity index (χ0) is 17.2. The number of carbonyl (C=O) groups excluding carboxylic acids is 1. The number of amides is 1. The first kappa shape index (κ1) is 17.8. The van der Waals surface area contributed by atoms with Gasteiger partial charge in [0.05, 0.1) is 11.4 Å². The molecule has 1 aromatic carbocycles. The van der Waals surface area contributed by atoms with E-state index in [9.17, 15) is 26.7 Å². The van der Waals surface area contributed by atoms with Gasteiger partial charge in [-0.1, -0.05) is 0 Å². The Kier molecular flexibility index (Phi) is 5.38. The van der Waals surface area contributed by atoms with Crippen molar-refractivity contribution < 1.29 is 26.7 Å². The lowest BCUT2D eigenvalue weighted by Gasteiger charge is -2.35. The molecule has 9 heteroatoms. The van der Waals surface area contributed by atoms with Gasteiger partial charge in [0.15, 0.2) is 0 Å². The standard InChI is InChI=1S/C14H15F5N2OS/c1-9(22)20-2-4-21(5-3-20)12-7-13(11(16)6-10(12)15)23-8-14(17,18)19/h6-7H,2-5,8H2,1H3. The van der Waals surface area contributed by atoms with E-state index in [0.29, 0.717) is 32.2 Å². The normalized spacial score (nSPS) is 15.9. The summed E-state index contributed by atoms with van der Waals surface area (Å²) in [4.78, 5) is 14.2. The maximum atomic E-state index is 14.0. The largest absolute Gasteiger partial charge is 0.398 e. The van der Waals surface area contributed by atoms with E-state index in [1.165, 1.54) is 6.92 Å². The van der Waals surface area contributed by atoms with Crippen molar-refractivity contribution in [2.75, 3.05) is 36.8 Å². The summed E-state index contributed by atoms with van der Waals surface area (Å²) in [6, 6.07) is 1.70. The molecule has 3 nitrogen and oxygen atoms in total. The van der Waals surface area contributed by atoms with E-state index >= 15 is 0 Å². The first-order valence-corrected chi connectivity index (χ1v) is 7.85. The van der Waals surface area contributed by atoms with Crippen molar-refractivity contribution in [3.05, 3.63) is 23.8 Å². The van der Waals surface area contributed by atoms with Crippen molar-refractivity contribution in [1.82, 2.24) is 4.90 Å². The highest BCUT2D eigenvalue weighted by atomic mass is 32.2. The van der Waals surface area contributed by atoms with Crippen LogP contribution in [0, 0.1) is 11.6 Å². The quantitative estimate of drug-likeness (QED) is 0.615. The number of hydrogen-bond acceptors (Lipinski definition) is 3. The summed E-state index contributed by atoms with van der Waals surface area (Å²) in [7, 11) is 0. The summed E-state index contributed by atoms with van der Waals surface area (Å²) in [6.45, 7) is 2.88. The van der Waals surface area contributed by atoms with Gasteiger partial charge in [-0.15, -0.1) is 11.8 Å². The third-order valence-corrected chi connectivity index (χ3v) is 4.55. The molecule has 0 unspecified atom stereocenters. The Bertz CT molecular complexity index is 585. The van der Waals surface area contributed by atoms with E-state index in [-0.39, 0.29) is 28.3 Å². The summed E-state index contributed by atoms with van der Waals surface area (Å²) in [6.07, 6.45) is -4.43. The van der Waals surface area contributed by atoms with Crippen LogP contribution in [0.3, 0.4) is 0 Å². The number of benzene rings is 1. The molecule has 23 heavy (non-hydrogen) atoms. The van der Waals surface area contributed by atoms with Crippen molar-refractivity contribution in [2.24, 2.45) is 0 Å². The van der Waals surface area contributed by atoms with Gasteiger partial charge in [0.25, 0.3) is 0 Å².